The zero-order valence-corrected chi connectivity index (χ0v) is 15.9. The fourth-order valence-electron chi connectivity index (χ4n) is 2.51. The molecule has 1 saturated heterocycles. The Balaban J connectivity index is 2.69. The van der Waals surface area contributed by atoms with Crippen molar-refractivity contribution in [2.45, 2.75) is 57.8 Å². The summed E-state index contributed by atoms with van der Waals surface area (Å²) in [6.45, 7) is 9.54. The molecule has 0 aliphatic carbocycles. The first kappa shape index (κ1) is 19.0. The standard InChI is InChI=1S/C15H28INO4/c1-12(9-19-5)20-15(10-16)7-6-8-17(11-15)13(18)21-14(2,3)4/h12H,6-11H2,1-5H3. The van der Waals surface area contributed by atoms with E-state index < -0.39 is 5.60 Å². The van der Waals surface area contributed by atoms with E-state index in [1.165, 1.54) is 0 Å². The Bertz CT molecular complexity index is 345. The molecule has 0 radical (unpaired) electrons. The van der Waals surface area contributed by atoms with Crippen LogP contribution in [0.25, 0.3) is 0 Å². The summed E-state index contributed by atoms with van der Waals surface area (Å²) in [6.07, 6.45) is 1.66. The minimum absolute atomic E-state index is 0.0170. The molecule has 1 heterocycles. The molecule has 1 aliphatic heterocycles. The fourth-order valence-corrected chi connectivity index (χ4v) is 3.32. The molecule has 1 aliphatic rings. The van der Waals surface area contributed by atoms with Gasteiger partial charge in [0.25, 0.3) is 0 Å². The molecule has 21 heavy (non-hydrogen) atoms. The van der Waals surface area contributed by atoms with E-state index in [1.54, 1.807) is 12.0 Å². The van der Waals surface area contributed by atoms with Crippen LogP contribution in [0.1, 0.15) is 40.5 Å². The zero-order valence-electron chi connectivity index (χ0n) is 13.8. The maximum Gasteiger partial charge on any atom is 0.410 e. The van der Waals surface area contributed by atoms with Crippen LogP contribution in [0.5, 0.6) is 0 Å². The molecule has 1 rings (SSSR count). The third kappa shape index (κ3) is 6.28. The predicted molar refractivity (Wildman–Crippen MR) is 91.1 cm³/mol. The van der Waals surface area contributed by atoms with Crippen LogP contribution in [0.2, 0.25) is 0 Å². The van der Waals surface area contributed by atoms with Gasteiger partial charge in [-0.1, -0.05) is 22.6 Å². The van der Waals surface area contributed by atoms with Crippen LogP contribution in [0.15, 0.2) is 0 Å². The van der Waals surface area contributed by atoms with Crippen molar-refractivity contribution < 1.29 is 19.0 Å². The summed E-state index contributed by atoms with van der Waals surface area (Å²) in [5.41, 5.74) is -0.765. The van der Waals surface area contributed by atoms with Crippen LogP contribution in [-0.2, 0) is 14.2 Å². The van der Waals surface area contributed by atoms with Crippen LogP contribution in [-0.4, -0.2) is 59.5 Å². The van der Waals surface area contributed by atoms with Crippen molar-refractivity contribution in [1.29, 1.82) is 0 Å². The van der Waals surface area contributed by atoms with Crippen molar-refractivity contribution in [2.24, 2.45) is 0 Å². The number of halogens is 1. The summed E-state index contributed by atoms with van der Waals surface area (Å²) in [4.78, 5) is 14.0. The van der Waals surface area contributed by atoms with Crippen LogP contribution in [0.3, 0.4) is 0 Å². The van der Waals surface area contributed by atoms with Crippen LogP contribution >= 0.6 is 22.6 Å². The Morgan fingerprint density at radius 1 is 1.43 bits per heavy atom. The highest BCUT2D eigenvalue weighted by molar-refractivity contribution is 14.1. The maximum atomic E-state index is 12.2. The molecule has 124 valence electrons. The van der Waals surface area contributed by atoms with Crippen LogP contribution < -0.4 is 0 Å². The number of hydrogen-bond acceptors (Lipinski definition) is 4. The smallest absolute Gasteiger partial charge is 0.410 e. The number of likely N-dealkylation sites (tertiary alicyclic amines) is 1. The molecule has 1 amide bonds. The molecule has 5 nitrogen and oxygen atoms in total. The van der Waals surface area contributed by atoms with E-state index in [2.05, 4.69) is 22.6 Å². The number of hydrogen-bond donors (Lipinski definition) is 0. The van der Waals surface area contributed by atoms with Gasteiger partial charge in [0.2, 0.25) is 0 Å². The normalized spacial score (nSPS) is 24.8. The molecule has 1 fully saturated rings. The Morgan fingerprint density at radius 3 is 2.62 bits per heavy atom. The first-order valence-electron chi connectivity index (χ1n) is 7.42. The summed E-state index contributed by atoms with van der Waals surface area (Å²) >= 11 is 2.34. The second-order valence-electron chi connectivity index (χ2n) is 6.71. The number of nitrogens with zero attached hydrogens (tertiary/aromatic N) is 1. The van der Waals surface area contributed by atoms with E-state index in [0.717, 1.165) is 23.8 Å². The van der Waals surface area contributed by atoms with E-state index >= 15 is 0 Å². The van der Waals surface area contributed by atoms with Gasteiger partial charge in [0.15, 0.2) is 0 Å². The number of carbonyl (C=O) groups is 1. The molecule has 0 aromatic carbocycles. The maximum absolute atomic E-state index is 12.2. The molecule has 2 atom stereocenters. The van der Waals surface area contributed by atoms with E-state index in [4.69, 9.17) is 14.2 Å². The molecular formula is C15H28INO4. The van der Waals surface area contributed by atoms with Gasteiger partial charge in [-0.05, 0) is 40.5 Å². The monoisotopic (exact) mass is 413 g/mol. The van der Waals surface area contributed by atoms with Gasteiger partial charge < -0.3 is 19.1 Å². The Kier molecular flexibility index (Phi) is 7.19. The molecule has 0 aromatic rings. The third-order valence-electron chi connectivity index (χ3n) is 3.29. The van der Waals surface area contributed by atoms with Gasteiger partial charge >= 0.3 is 6.09 Å². The molecule has 0 bridgehead atoms. The minimum atomic E-state index is -0.467. The second kappa shape index (κ2) is 7.97. The van der Waals surface area contributed by atoms with Gasteiger partial charge in [-0.2, -0.15) is 0 Å². The van der Waals surface area contributed by atoms with Crippen molar-refractivity contribution in [3.05, 3.63) is 0 Å². The Hall–Kier alpha value is -0.0800. The van der Waals surface area contributed by atoms with Gasteiger partial charge in [-0.15, -0.1) is 0 Å². The number of amides is 1. The number of piperidine rings is 1. The highest BCUT2D eigenvalue weighted by atomic mass is 127. The Morgan fingerprint density at radius 2 is 2.10 bits per heavy atom. The fraction of sp³-hybridized carbons (Fsp3) is 0.933. The number of carbonyl (C=O) groups excluding carboxylic acids is 1. The van der Waals surface area contributed by atoms with Gasteiger partial charge in [-0.25, -0.2) is 4.79 Å². The molecule has 0 aromatic heterocycles. The van der Waals surface area contributed by atoms with Crippen molar-refractivity contribution in [1.82, 2.24) is 4.90 Å². The summed E-state index contributed by atoms with van der Waals surface area (Å²) in [6, 6.07) is 0. The molecular weight excluding hydrogens is 385 g/mol. The minimum Gasteiger partial charge on any atom is -0.444 e. The van der Waals surface area contributed by atoms with Gasteiger partial charge in [0.05, 0.1) is 24.9 Å². The topological polar surface area (TPSA) is 48.0 Å². The van der Waals surface area contributed by atoms with Crippen molar-refractivity contribution >= 4 is 28.7 Å². The van der Waals surface area contributed by atoms with Gasteiger partial charge in [-0.3, -0.25) is 0 Å². The molecule has 2 unspecified atom stereocenters. The summed E-state index contributed by atoms with van der Waals surface area (Å²) < 4.78 is 17.7. The quantitative estimate of drug-likeness (QED) is 0.513. The third-order valence-corrected chi connectivity index (χ3v) is 4.68. The number of ether oxygens (including phenoxy) is 3. The summed E-state index contributed by atoms with van der Waals surface area (Å²) in [5.74, 6) is 0. The SMILES string of the molecule is COCC(C)OC1(CI)CCCN(C(=O)OC(C)(C)C)C1. The van der Waals surface area contributed by atoms with Crippen LogP contribution in [0.4, 0.5) is 4.79 Å². The average molecular weight is 413 g/mol. The lowest BCUT2D eigenvalue weighted by molar-refractivity contribution is -0.121. The largest absolute Gasteiger partial charge is 0.444 e. The molecule has 0 N–H and O–H groups in total. The second-order valence-corrected chi connectivity index (χ2v) is 7.47. The van der Waals surface area contributed by atoms with Crippen molar-refractivity contribution in [2.75, 3.05) is 31.2 Å². The Labute approximate surface area is 141 Å². The predicted octanol–water partition coefficient (Wildman–Crippen LogP) is 3.24. The lowest BCUT2D eigenvalue weighted by Crippen LogP contribution is -2.55. The number of methoxy groups -OCH3 is 1. The van der Waals surface area contributed by atoms with Gasteiger partial charge in [0, 0.05) is 18.1 Å². The van der Waals surface area contributed by atoms with Crippen molar-refractivity contribution in [3.63, 3.8) is 0 Å². The highest BCUT2D eigenvalue weighted by Gasteiger charge is 2.39. The highest BCUT2D eigenvalue weighted by Crippen LogP contribution is 2.29. The lowest BCUT2D eigenvalue weighted by atomic mass is 9.94. The van der Waals surface area contributed by atoms with E-state index in [1.807, 2.05) is 27.7 Å². The van der Waals surface area contributed by atoms with E-state index in [0.29, 0.717) is 13.2 Å². The van der Waals surface area contributed by atoms with Crippen LogP contribution in [0, 0.1) is 0 Å². The average Bonchev–Trinajstić information content (AvgIpc) is 2.37. The van der Waals surface area contributed by atoms with E-state index in [9.17, 15) is 4.79 Å². The summed E-state index contributed by atoms with van der Waals surface area (Å²) in [5, 5.41) is 0. The zero-order chi connectivity index (χ0) is 16.1. The first-order valence-corrected chi connectivity index (χ1v) is 8.94. The number of rotatable bonds is 5. The molecule has 0 saturated carbocycles. The summed E-state index contributed by atoms with van der Waals surface area (Å²) in [7, 11) is 1.67. The number of alkyl halides is 1. The first-order chi connectivity index (χ1) is 9.71. The molecule has 6 heteroatoms. The van der Waals surface area contributed by atoms with Crippen molar-refractivity contribution in [3.8, 4) is 0 Å². The molecule has 0 spiro atoms. The van der Waals surface area contributed by atoms with E-state index in [-0.39, 0.29) is 17.8 Å². The van der Waals surface area contributed by atoms with Gasteiger partial charge in [0.1, 0.15) is 5.60 Å². The lowest BCUT2D eigenvalue weighted by Gasteiger charge is -2.43.